The molecule has 0 saturated carbocycles. The molecule has 0 aliphatic carbocycles. The quantitative estimate of drug-likeness (QED) is 0.589. The topological polar surface area (TPSA) is 122 Å². The van der Waals surface area contributed by atoms with Crippen LogP contribution in [0, 0.1) is 0 Å². The number of nitrogens with two attached hydrogens (primary N) is 1. The van der Waals surface area contributed by atoms with Crippen LogP contribution >= 0.6 is 0 Å². The number of urea groups is 1. The first-order chi connectivity index (χ1) is 13.8. The molecule has 1 fully saturated rings. The van der Waals surface area contributed by atoms with E-state index in [0.29, 0.717) is 5.69 Å². The molecule has 1 heterocycles. The van der Waals surface area contributed by atoms with Crippen molar-refractivity contribution >= 4 is 29.5 Å². The van der Waals surface area contributed by atoms with Gasteiger partial charge in [-0.3, -0.25) is 24.2 Å². The highest BCUT2D eigenvalue weighted by Gasteiger charge is 2.44. The Morgan fingerprint density at radius 3 is 2.31 bits per heavy atom. The fourth-order valence-corrected chi connectivity index (χ4v) is 3.02. The molecule has 150 valence electrons. The molecule has 0 radical (unpaired) electrons. The SMILES string of the molecule is CC(=O)Oc1ccccc1C(=O)NC1C(=O)N(C)C(=O)N(c2ccccc2)C1N. The van der Waals surface area contributed by atoms with Crippen molar-refractivity contribution in [1.82, 2.24) is 10.2 Å². The number of anilines is 1. The van der Waals surface area contributed by atoms with Gasteiger partial charge in [-0.05, 0) is 24.3 Å². The van der Waals surface area contributed by atoms with Gasteiger partial charge in [0.25, 0.3) is 11.8 Å². The molecule has 2 aromatic rings. The van der Waals surface area contributed by atoms with Crippen molar-refractivity contribution in [3.63, 3.8) is 0 Å². The van der Waals surface area contributed by atoms with Gasteiger partial charge in [-0.15, -0.1) is 0 Å². The number of amides is 4. The maximum Gasteiger partial charge on any atom is 0.332 e. The van der Waals surface area contributed by atoms with E-state index in [1.165, 1.54) is 31.0 Å². The highest BCUT2D eigenvalue weighted by Crippen LogP contribution is 2.24. The highest BCUT2D eigenvalue weighted by atomic mass is 16.5. The summed E-state index contributed by atoms with van der Waals surface area (Å²) in [5, 5.41) is 2.56. The molecule has 2 atom stereocenters. The van der Waals surface area contributed by atoms with Crippen molar-refractivity contribution in [2.45, 2.75) is 19.1 Å². The molecule has 0 spiro atoms. The third-order valence-electron chi connectivity index (χ3n) is 4.44. The van der Waals surface area contributed by atoms with E-state index in [1.54, 1.807) is 42.5 Å². The number of benzene rings is 2. The summed E-state index contributed by atoms with van der Waals surface area (Å²) >= 11 is 0. The Kier molecular flexibility index (Phi) is 5.60. The Balaban J connectivity index is 1.90. The molecule has 3 N–H and O–H groups in total. The summed E-state index contributed by atoms with van der Waals surface area (Å²) in [5.41, 5.74) is 6.75. The number of carbonyl (C=O) groups is 4. The number of carbonyl (C=O) groups excluding carboxylic acids is 4. The van der Waals surface area contributed by atoms with Crippen molar-refractivity contribution in [1.29, 1.82) is 0 Å². The second kappa shape index (κ2) is 8.11. The molecular formula is C20H20N4O5. The van der Waals surface area contributed by atoms with Crippen molar-refractivity contribution < 1.29 is 23.9 Å². The highest BCUT2D eigenvalue weighted by molar-refractivity contribution is 6.10. The van der Waals surface area contributed by atoms with Crippen LogP contribution in [0.5, 0.6) is 5.75 Å². The Morgan fingerprint density at radius 2 is 1.66 bits per heavy atom. The smallest absolute Gasteiger partial charge is 0.332 e. The number of para-hydroxylation sites is 2. The Hall–Kier alpha value is -3.72. The third-order valence-corrected chi connectivity index (χ3v) is 4.44. The minimum atomic E-state index is -1.20. The van der Waals surface area contributed by atoms with Gasteiger partial charge >= 0.3 is 12.0 Å². The molecular weight excluding hydrogens is 376 g/mol. The van der Waals surface area contributed by atoms with Crippen LogP contribution < -0.4 is 20.7 Å². The Bertz CT molecular complexity index is 962. The van der Waals surface area contributed by atoms with Gasteiger partial charge in [-0.2, -0.15) is 0 Å². The van der Waals surface area contributed by atoms with E-state index in [4.69, 9.17) is 10.5 Å². The van der Waals surface area contributed by atoms with Gasteiger partial charge in [-0.25, -0.2) is 4.79 Å². The Labute approximate surface area is 167 Å². The molecule has 29 heavy (non-hydrogen) atoms. The zero-order valence-corrected chi connectivity index (χ0v) is 15.9. The fourth-order valence-electron chi connectivity index (χ4n) is 3.02. The summed E-state index contributed by atoms with van der Waals surface area (Å²) in [4.78, 5) is 51.5. The summed E-state index contributed by atoms with van der Waals surface area (Å²) in [5.74, 6) is -1.84. The second-order valence-corrected chi connectivity index (χ2v) is 6.42. The van der Waals surface area contributed by atoms with Crippen LogP contribution in [0.2, 0.25) is 0 Å². The van der Waals surface area contributed by atoms with Gasteiger partial charge in [0.15, 0.2) is 0 Å². The first-order valence-corrected chi connectivity index (χ1v) is 8.81. The molecule has 2 unspecified atom stereocenters. The van der Waals surface area contributed by atoms with E-state index in [1.807, 2.05) is 0 Å². The number of nitrogens with one attached hydrogen (secondary N) is 1. The van der Waals surface area contributed by atoms with E-state index in [0.717, 1.165) is 4.90 Å². The standard InChI is InChI=1S/C20H20N4O5/c1-12(25)29-15-11-7-6-10-14(15)18(26)22-16-17(21)24(13-8-4-3-5-9-13)20(28)23(2)19(16)27/h3-11,16-17H,21H2,1-2H3,(H,22,26). The summed E-state index contributed by atoms with van der Waals surface area (Å²) in [7, 11) is 1.32. The predicted molar refractivity (Wildman–Crippen MR) is 104 cm³/mol. The van der Waals surface area contributed by atoms with Crippen LogP contribution in [0.3, 0.4) is 0 Å². The number of ether oxygens (including phenoxy) is 1. The van der Waals surface area contributed by atoms with Gasteiger partial charge in [0.2, 0.25) is 0 Å². The van der Waals surface area contributed by atoms with Crippen LogP contribution in [0.15, 0.2) is 54.6 Å². The zero-order chi connectivity index (χ0) is 21.1. The molecule has 1 saturated heterocycles. The van der Waals surface area contributed by atoms with E-state index >= 15 is 0 Å². The summed E-state index contributed by atoms with van der Waals surface area (Å²) in [6, 6.07) is 12.9. The lowest BCUT2D eigenvalue weighted by atomic mass is 10.1. The van der Waals surface area contributed by atoms with E-state index in [9.17, 15) is 19.2 Å². The number of imide groups is 1. The minimum Gasteiger partial charge on any atom is -0.426 e. The molecule has 1 aliphatic heterocycles. The molecule has 3 rings (SSSR count). The van der Waals surface area contributed by atoms with Crippen LogP contribution in [-0.2, 0) is 9.59 Å². The molecule has 0 aromatic heterocycles. The van der Waals surface area contributed by atoms with E-state index in [-0.39, 0.29) is 11.3 Å². The maximum absolute atomic E-state index is 12.8. The molecule has 1 aliphatic rings. The number of likely N-dealkylation sites (N-methyl/N-ethyl adjacent to an activating group) is 1. The fraction of sp³-hybridized carbons (Fsp3) is 0.200. The summed E-state index contributed by atoms with van der Waals surface area (Å²) in [6.07, 6.45) is -1.13. The summed E-state index contributed by atoms with van der Waals surface area (Å²) < 4.78 is 5.05. The Morgan fingerprint density at radius 1 is 1.03 bits per heavy atom. The molecule has 4 amide bonds. The van der Waals surface area contributed by atoms with E-state index in [2.05, 4.69) is 5.32 Å². The summed E-state index contributed by atoms with van der Waals surface area (Å²) in [6.45, 7) is 1.22. The average Bonchev–Trinajstić information content (AvgIpc) is 2.70. The lowest BCUT2D eigenvalue weighted by molar-refractivity contribution is -0.132. The van der Waals surface area contributed by atoms with Crippen LogP contribution in [-0.4, -0.2) is 48.0 Å². The maximum atomic E-state index is 12.8. The van der Waals surface area contributed by atoms with Gasteiger partial charge in [0.05, 0.1) is 5.56 Å². The lowest BCUT2D eigenvalue weighted by Gasteiger charge is -2.41. The third kappa shape index (κ3) is 3.94. The van der Waals surface area contributed by atoms with Crippen molar-refractivity contribution in [3.05, 3.63) is 60.2 Å². The largest absolute Gasteiger partial charge is 0.426 e. The number of rotatable bonds is 4. The predicted octanol–water partition coefficient (Wildman–Crippen LogP) is 1.09. The van der Waals surface area contributed by atoms with Crippen LogP contribution in [0.25, 0.3) is 0 Å². The van der Waals surface area contributed by atoms with E-state index < -0.39 is 36.0 Å². The van der Waals surface area contributed by atoms with Gasteiger partial charge < -0.3 is 15.8 Å². The normalized spacial score (nSPS) is 19.1. The van der Waals surface area contributed by atoms with Crippen molar-refractivity contribution in [2.24, 2.45) is 5.73 Å². The first kappa shape index (κ1) is 20.0. The van der Waals surface area contributed by atoms with Crippen LogP contribution in [0.1, 0.15) is 17.3 Å². The monoisotopic (exact) mass is 396 g/mol. The number of esters is 1. The van der Waals surface area contributed by atoms with Gasteiger partial charge in [-0.1, -0.05) is 30.3 Å². The number of hydrogen-bond acceptors (Lipinski definition) is 6. The van der Waals surface area contributed by atoms with Crippen molar-refractivity contribution in [3.8, 4) is 5.75 Å². The number of nitrogens with zero attached hydrogens (tertiary/aromatic N) is 2. The van der Waals surface area contributed by atoms with Crippen LogP contribution in [0.4, 0.5) is 10.5 Å². The van der Waals surface area contributed by atoms with Gasteiger partial charge in [0, 0.05) is 19.7 Å². The molecule has 9 heteroatoms. The van der Waals surface area contributed by atoms with Crippen molar-refractivity contribution in [2.75, 3.05) is 11.9 Å². The molecule has 2 aromatic carbocycles. The van der Waals surface area contributed by atoms with Gasteiger partial charge in [0.1, 0.15) is 18.0 Å². The average molecular weight is 396 g/mol. The molecule has 9 nitrogen and oxygen atoms in total. The lowest BCUT2D eigenvalue weighted by Crippen LogP contribution is -2.71. The zero-order valence-electron chi connectivity index (χ0n) is 15.9. The minimum absolute atomic E-state index is 0.0543. The second-order valence-electron chi connectivity index (χ2n) is 6.42. The molecule has 0 bridgehead atoms. The first-order valence-electron chi connectivity index (χ1n) is 8.81. The number of hydrogen-bond donors (Lipinski definition) is 2.